The Morgan fingerprint density at radius 1 is 1.09 bits per heavy atom. The average molecular weight is 507 g/mol. The van der Waals surface area contributed by atoms with Crippen molar-refractivity contribution in [2.24, 2.45) is 0 Å². The van der Waals surface area contributed by atoms with Gasteiger partial charge in [0.1, 0.15) is 17.6 Å². The standard InChI is InChI=1S/C25H18N2O6S2/c1-2-33-15-6-3-5-13(11-15)21(28)19-20(17-7-4-10-34-17)27(23(30)22(19)29)25-26-16-9-8-14(24(31)32)12-18(16)35-25/h3-12,20,28H,2H2,1H3,(H,31,32)/b21-19+. The molecule has 1 aliphatic heterocycles. The zero-order chi connectivity index (χ0) is 24.7. The molecule has 0 radical (unpaired) electrons. The average Bonchev–Trinajstić information content (AvgIpc) is 3.57. The van der Waals surface area contributed by atoms with Gasteiger partial charge in [0.15, 0.2) is 5.13 Å². The number of carboxylic acids is 1. The molecule has 0 saturated carbocycles. The predicted octanol–water partition coefficient (Wildman–Crippen LogP) is 5.08. The lowest BCUT2D eigenvalue weighted by Crippen LogP contribution is -2.28. The maximum absolute atomic E-state index is 13.3. The smallest absolute Gasteiger partial charge is 0.335 e. The molecule has 8 nitrogen and oxygen atoms in total. The minimum absolute atomic E-state index is 0.0448. The molecule has 1 fully saturated rings. The lowest BCUT2D eigenvalue weighted by molar-refractivity contribution is -0.132. The number of ketones is 1. The molecule has 1 saturated heterocycles. The summed E-state index contributed by atoms with van der Waals surface area (Å²) >= 11 is 2.46. The molecule has 5 rings (SSSR count). The normalized spacial score (nSPS) is 17.3. The number of nitrogens with zero attached hydrogens (tertiary/aromatic N) is 2. The van der Waals surface area contributed by atoms with Crippen LogP contribution in [0, 0.1) is 0 Å². The number of Topliss-reactive ketones (excluding diaryl/α,β-unsaturated/α-hetero) is 1. The number of carboxylic acid groups (broad SMARTS) is 1. The summed E-state index contributed by atoms with van der Waals surface area (Å²) in [5.41, 5.74) is 0.910. The van der Waals surface area contributed by atoms with E-state index < -0.39 is 23.7 Å². The maximum Gasteiger partial charge on any atom is 0.335 e. The van der Waals surface area contributed by atoms with Gasteiger partial charge in [-0.2, -0.15) is 0 Å². The lowest BCUT2D eigenvalue weighted by Gasteiger charge is -2.21. The van der Waals surface area contributed by atoms with E-state index in [-0.39, 0.29) is 22.0 Å². The van der Waals surface area contributed by atoms with E-state index in [2.05, 4.69) is 4.98 Å². The number of ether oxygens (including phenoxy) is 1. The van der Waals surface area contributed by atoms with Crippen molar-refractivity contribution in [1.29, 1.82) is 0 Å². The number of carbonyl (C=O) groups excluding carboxylic acids is 2. The first kappa shape index (κ1) is 22.8. The van der Waals surface area contributed by atoms with Crippen molar-refractivity contribution >= 4 is 61.4 Å². The van der Waals surface area contributed by atoms with Crippen molar-refractivity contribution in [3.63, 3.8) is 0 Å². The molecule has 1 atom stereocenters. The number of benzene rings is 2. The minimum Gasteiger partial charge on any atom is -0.507 e. The van der Waals surface area contributed by atoms with Gasteiger partial charge in [-0.25, -0.2) is 9.78 Å². The Balaban J connectivity index is 1.67. The quantitative estimate of drug-likeness (QED) is 0.213. The van der Waals surface area contributed by atoms with Crippen molar-refractivity contribution in [3.05, 3.63) is 81.6 Å². The first-order valence-corrected chi connectivity index (χ1v) is 12.3. The highest BCUT2D eigenvalue weighted by Crippen LogP contribution is 2.45. The molecular weight excluding hydrogens is 488 g/mol. The molecule has 2 N–H and O–H groups in total. The van der Waals surface area contributed by atoms with E-state index in [4.69, 9.17) is 4.74 Å². The van der Waals surface area contributed by atoms with Crippen LogP contribution >= 0.6 is 22.7 Å². The second-order valence-electron chi connectivity index (χ2n) is 7.63. The summed E-state index contributed by atoms with van der Waals surface area (Å²) in [6, 6.07) is 13.9. The second kappa shape index (κ2) is 8.97. The Kier molecular flexibility index (Phi) is 5.83. The molecule has 2 aromatic heterocycles. The Hall–Kier alpha value is -4.02. The van der Waals surface area contributed by atoms with Gasteiger partial charge in [-0.05, 0) is 48.7 Å². The molecule has 4 aromatic rings. The van der Waals surface area contributed by atoms with Crippen molar-refractivity contribution < 1.29 is 29.3 Å². The number of thiazole rings is 1. The number of thiophene rings is 1. The summed E-state index contributed by atoms with van der Waals surface area (Å²) in [5, 5.41) is 22.6. The predicted molar refractivity (Wildman–Crippen MR) is 133 cm³/mol. The highest BCUT2D eigenvalue weighted by molar-refractivity contribution is 7.22. The van der Waals surface area contributed by atoms with Gasteiger partial charge in [-0.3, -0.25) is 14.5 Å². The van der Waals surface area contributed by atoms with Crippen molar-refractivity contribution in [3.8, 4) is 5.75 Å². The fourth-order valence-electron chi connectivity index (χ4n) is 3.95. The number of amides is 1. The Morgan fingerprint density at radius 3 is 2.63 bits per heavy atom. The van der Waals surface area contributed by atoms with Crippen LogP contribution in [0.2, 0.25) is 0 Å². The highest BCUT2D eigenvalue weighted by atomic mass is 32.1. The van der Waals surface area contributed by atoms with E-state index in [9.17, 15) is 24.6 Å². The van der Waals surface area contributed by atoms with Gasteiger partial charge in [-0.15, -0.1) is 11.3 Å². The van der Waals surface area contributed by atoms with Gasteiger partial charge in [0.25, 0.3) is 5.78 Å². The van der Waals surface area contributed by atoms with Gasteiger partial charge in [-0.1, -0.05) is 29.5 Å². The molecule has 3 heterocycles. The van der Waals surface area contributed by atoms with Crippen molar-refractivity contribution in [2.75, 3.05) is 11.5 Å². The summed E-state index contributed by atoms with van der Waals surface area (Å²) in [6.07, 6.45) is 0. The SMILES string of the molecule is CCOc1cccc(/C(O)=C2\C(=O)C(=O)N(c3nc4ccc(C(=O)O)cc4s3)C2c2cccs2)c1. The number of aromatic nitrogens is 1. The lowest BCUT2D eigenvalue weighted by atomic mass is 10.00. The van der Waals surface area contributed by atoms with Crippen LogP contribution in [-0.4, -0.2) is 39.5 Å². The number of hydrogen-bond donors (Lipinski definition) is 2. The Morgan fingerprint density at radius 2 is 1.91 bits per heavy atom. The molecule has 0 spiro atoms. The number of aliphatic hydroxyl groups excluding tert-OH is 1. The van der Waals surface area contributed by atoms with Crippen LogP contribution in [0.4, 0.5) is 5.13 Å². The van der Waals surface area contributed by atoms with Gasteiger partial charge < -0.3 is 14.9 Å². The van der Waals surface area contributed by atoms with E-state index >= 15 is 0 Å². The van der Waals surface area contributed by atoms with Crippen molar-refractivity contribution in [1.82, 2.24) is 4.98 Å². The van der Waals surface area contributed by atoms with Crippen LogP contribution in [0.15, 0.2) is 65.6 Å². The monoisotopic (exact) mass is 506 g/mol. The molecule has 1 amide bonds. The molecule has 2 aromatic carbocycles. The van der Waals surface area contributed by atoms with Crippen LogP contribution < -0.4 is 9.64 Å². The van der Waals surface area contributed by atoms with Gasteiger partial charge in [0.05, 0.1) is 28.0 Å². The summed E-state index contributed by atoms with van der Waals surface area (Å²) < 4.78 is 6.08. The van der Waals surface area contributed by atoms with E-state index in [0.29, 0.717) is 33.0 Å². The first-order chi connectivity index (χ1) is 16.9. The molecule has 35 heavy (non-hydrogen) atoms. The number of rotatable bonds is 6. The van der Waals surface area contributed by atoms with Crippen molar-refractivity contribution in [2.45, 2.75) is 13.0 Å². The molecule has 1 aliphatic rings. The van der Waals surface area contributed by atoms with E-state index in [1.807, 2.05) is 12.3 Å². The maximum atomic E-state index is 13.3. The van der Waals surface area contributed by atoms with E-state index in [0.717, 1.165) is 11.3 Å². The highest BCUT2D eigenvalue weighted by Gasteiger charge is 2.48. The van der Waals surface area contributed by atoms with E-state index in [1.54, 1.807) is 42.5 Å². The van der Waals surface area contributed by atoms with Crippen LogP contribution in [0.5, 0.6) is 5.75 Å². The fourth-order valence-corrected chi connectivity index (χ4v) is 5.80. The number of hydrogen-bond acceptors (Lipinski definition) is 8. The number of aliphatic hydroxyl groups is 1. The van der Waals surface area contributed by atoms with Crippen LogP contribution in [-0.2, 0) is 9.59 Å². The Bertz CT molecular complexity index is 1510. The summed E-state index contributed by atoms with van der Waals surface area (Å²) in [5.74, 6) is -2.49. The van der Waals surface area contributed by atoms with Gasteiger partial charge in [0, 0.05) is 10.4 Å². The fraction of sp³-hybridized carbons (Fsp3) is 0.120. The zero-order valence-corrected chi connectivity index (χ0v) is 19.9. The molecular formula is C25H18N2O6S2. The topological polar surface area (TPSA) is 117 Å². The Labute approximate surface area is 207 Å². The number of aromatic carboxylic acids is 1. The molecule has 176 valence electrons. The molecule has 10 heteroatoms. The molecule has 0 aliphatic carbocycles. The number of carbonyl (C=O) groups is 3. The third kappa shape index (κ3) is 3.96. The van der Waals surface area contributed by atoms with Crippen LogP contribution in [0.1, 0.15) is 33.8 Å². The van der Waals surface area contributed by atoms with Gasteiger partial charge >= 0.3 is 11.9 Å². The largest absolute Gasteiger partial charge is 0.507 e. The minimum atomic E-state index is -1.07. The third-order valence-electron chi connectivity index (χ3n) is 5.51. The molecule has 1 unspecified atom stereocenters. The number of anilines is 1. The summed E-state index contributed by atoms with van der Waals surface area (Å²) in [7, 11) is 0. The third-order valence-corrected chi connectivity index (χ3v) is 7.45. The van der Waals surface area contributed by atoms with E-state index in [1.165, 1.54) is 28.4 Å². The first-order valence-electron chi connectivity index (χ1n) is 10.6. The van der Waals surface area contributed by atoms with Crippen LogP contribution in [0.25, 0.3) is 16.0 Å². The molecule has 0 bridgehead atoms. The van der Waals surface area contributed by atoms with Crippen LogP contribution in [0.3, 0.4) is 0 Å². The summed E-state index contributed by atoms with van der Waals surface area (Å²) in [4.78, 5) is 44.3. The number of fused-ring (bicyclic) bond motifs is 1. The summed E-state index contributed by atoms with van der Waals surface area (Å²) in [6.45, 7) is 2.28. The second-order valence-corrected chi connectivity index (χ2v) is 9.62. The van der Waals surface area contributed by atoms with Gasteiger partial charge in [0.2, 0.25) is 0 Å². The zero-order valence-electron chi connectivity index (χ0n) is 18.3.